The minimum Gasteiger partial charge on any atom is -0.467 e. The summed E-state index contributed by atoms with van der Waals surface area (Å²) < 4.78 is 4.98. The Bertz CT molecular complexity index is 427. The molecular formula is C11H20N6O2. The summed E-state index contributed by atoms with van der Waals surface area (Å²) in [5.74, 6) is 0.690. The molecule has 0 unspecified atom stereocenters. The van der Waals surface area contributed by atoms with Crippen LogP contribution in [0.25, 0.3) is 0 Å². The van der Waals surface area contributed by atoms with Gasteiger partial charge in [0.1, 0.15) is 0 Å². The average Bonchev–Trinajstić information content (AvgIpc) is 2.43. The summed E-state index contributed by atoms with van der Waals surface area (Å²) in [5.41, 5.74) is -0.575. The van der Waals surface area contributed by atoms with Crippen molar-refractivity contribution in [1.29, 1.82) is 0 Å². The first kappa shape index (κ1) is 14.9. The number of amides is 1. The molecular weight excluding hydrogens is 248 g/mol. The van der Waals surface area contributed by atoms with E-state index >= 15 is 0 Å². The van der Waals surface area contributed by atoms with E-state index in [-0.39, 0.29) is 11.9 Å². The van der Waals surface area contributed by atoms with Crippen LogP contribution in [-0.4, -0.2) is 48.6 Å². The van der Waals surface area contributed by atoms with Gasteiger partial charge in [-0.25, -0.2) is 0 Å². The molecule has 0 aliphatic rings. The number of rotatable bonds is 6. The van der Waals surface area contributed by atoms with Crippen molar-refractivity contribution in [2.75, 3.05) is 38.4 Å². The van der Waals surface area contributed by atoms with E-state index in [1.54, 1.807) is 14.1 Å². The number of nitrogens with zero attached hydrogens (tertiary/aromatic N) is 3. The fourth-order valence-corrected chi connectivity index (χ4v) is 1.36. The third-order valence-electron chi connectivity index (χ3n) is 2.55. The summed E-state index contributed by atoms with van der Waals surface area (Å²) in [7, 11) is 4.79. The van der Waals surface area contributed by atoms with Crippen molar-refractivity contribution in [3.63, 3.8) is 0 Å². The highest BCUT2D eigenvalue weighted by molar-refractivity contribution is 5.82. The zero-order valence-corrected chi connectivity index (χ0v) is 11.9. The molecule has 1 aromatic rings. The van der Waals surface area contributed by atoms with Crippen molar-refractivity contribution >= 4 is 17.8 Å². The molecule has 1 heterocycles. The Morgan fingerprint density at radius 3 is 2.37 bits per heavy atom. The largest absolute Gasteiger partial charge is 0.467 e. The lowest BCUT2D eigenvalue weighted by molar-refractivity contribution is -0.128. The highest BCUT2D eigenvalue weighted by Gasteiger charge is 2.26. The van der Waals surface area contributed by atoms with Crippen molar-refractivity contribution < 1.29 is 9.53 Å². The molecule has 0 saturated carbocycles. The summed E-state index contributed by atoms with van der Waals surface area (Å²) in [6, 6.07) is 0.208. The smallest absolute Gasteiger partial charge is 0.322 e. The van der Waals surface area contributed by atoms with Crippen LogP contribution in [0.5, 0.6) is 6.01 Å². The van der Waals surface area contributed by atoms with E-state index in [1.165, 1.54) is 7.11 Å². The van der Waals surface area contributed by atoms with Gasteiger partial charge in [-0.2, -0.15) is 15.0 Å². The van der Waals surface area contributed by atoms with Crippen LogP contribution in [0.4, 0.5) is 11.9 Å². The van der Waals surface area contributed by atoms with Gasteiger partial charge < -0.3 is 20.7 Å². The van der Waals surface area contributed by atoms with Crippen LogP contribution in [-0.2, 0) is 4.79 Å². The lowest BCUT2D eigenvalue weighted by atomic mass is 9.92. The number of hydrogen-bond donors (Lipinski definition) is 3. The fraction of sp³-hybridized carbons (Fsp3) is 0.636. The van der Waals surface area contributed by atoms with Crippen molar-refractivity contribution in [2.24, 2.45) is 5.41 Å². The van der Waals surface area contributed by atoms with Crippen molar-refractivity contribution in [1.82, 2.24) is 20.3 Å². The number of nitrogens with one attached hydrogen (secondary N) is 3. The first-order valence-electron chi connectivity index (χ1n) is 5.87. The quantitative estimate of drug-likeness (QED) is 0.673. The van der Waals surface area contributed by atoms with Crippen LogP contribution in [0.3, 0.4) is 0 Å². The van der Waals surface area contributed by atoms with E-state index in [0.29, 0.717) is 18.4 Å². The molecule has 1 aromatic heterocycles. The second kappa shape index (κ2) is 6.17. The minimum atomic E-state index is -0.575. The number of anilines is 2. The van der Waals surface area contributed by atoms with E-state index in [9.17, 15) is 4.79 Å². The normalized spacial score (nSPS) is 10.8. The Morgan fingerprint density at radius 2 is 1.84 bits per heavy atom. The maximum Gasteiger partial charge on any atom is 0.322 e. The third-order valence-corrected chi connectivity index (χ3v) is 2.55. The summed E-state index contributed by atoms with van der Waals surface area (Å²) in [6.07, 6.45) is 0. The SMILES string of the molecule is CNC(=O)C(C)(C)CNc1nc(NC)nc(OC)n1. The van der Waals surface area contributed by atoms with Crippen LogP contribution in [0.2, 0.25) is 0 Å². The molecule has 0 aromatic carbocycles. The van der Waals surface area contributed by atoms with Gasteiger partial charge in [-0.3, -0.25) is 4.79 Å². The Hall–Kier alpha value is -2.12. The van der Waals surface area contributed by atoms with Gasteiger partial charge in [0, 0.05) is 20.6 Å². The fourth-order valence-electron chi connectivity index (χ4n) is 1.36. The van der Waals surface area contributed by atoms with Gasteiger partial charge in [0.15, 0.2) is 0 Å². The number of hydrogen-bond acceptors (Lipinski definition) is 7. The molecule has 0 atom stereocenters. The molecule has 0 aliphatic carbocycles. The molecule has 1 rings (SSSR count). The molecule has 0 bridgehead atoms. The predicted molar refractivity (Wildman–Crippen MR) is 72.3 cm³/mol. The number of methoxy groups -OCH3 is 1. The molecule has 0 saturated heterocycles. The Kier molecular flexibility index (Phi) is 4.85. The van der Waals surface area contributed by atoms with E-state index in [1.807, 2.05) is 13.8 Å². The highest BCUT2D eigenvalue weighted by Crippen LogP contribution is 2.17. The molecule has 8 heteroatoms. The topological polar surface area (TPSA) is 101 Å². The van der Waals surface area contributed by atoms with Crippen LogP contribution in [0.15, 0.2) is 0 Å². The van der Waals surface area contributed by atoms with Gasteiger partial charge in [-0.05, 0) is 13.8 Å². The standard InChI is InChI=1S/C11H20N6O2/c1-11(2,7(18)12-3)6-14-9-15-8(13-4)16-10(17-9)19-5/h6H2,1-5H3,(H,12,18)(H2,13,14,15,16,17). The van der Waals surface area contributed by atoms with Crippen LogP contribution in [0, 0.1) is 5.41 Å². The van der Waals surface area contributed by atoms with Gasteiger partial charge in [0.05, 0.1) is 12.5 Å². The van der Waals surface area contributed by atoms with Gasteiger partial charge >= 0.3 is 6.01 Å². The Balaban J connectivity index is 2.80. The maximum absolute atomic E-state index is 11.7. The van der Waals surface area contributed by atoms with Gasteiger partial charge in [0.2, 0.25) is 17.8 Å². The lowest BCUT2D eigenvalue weighted by Crippen LogP contribution is -2.39. The zero-order valence-electron chi connectivity index (χ0n) is 11.9. The summed E-state index contributed by atoms with van der Waals surface area (Å²) in [6.45, 7) is 4.05. The Labute approximate surface area is 112 Å². The summed E-state index contributed by atoms with van der Waals surface area (Å²) in [5, 5.41) is 8.44. The van der Waals surface area contributed by atoms with Gasteiger partial charge in [-0.15, -0.1) is 0 Å². The molecule has 106 valence electrons. The molecule has 0 fully saturated rings. The van der Waals surface area contributed by atoms with Crippen molar-refractivity contribution in [3.05, 3.63) is 0 Å². The molecule has 1 amide bonds. The van der Waals surface area contributed by atoms with Crippen LogP contribution < -0.4 is 20.7 Å². The van der Waals surface area contributed by atoms with E-state index < -0.39 is 5.41 Å². The van der Waals surface area contributed by atoms with Gasteiger partial charge in [0.25, 0.3) is 0 Å². The molecule has 19 heavy (non-hydrogen) atoms. The summed E-state index contributed by atoms with van der Waals surface area (Å²) >= 11 is 0. The first-order chi connectivity index (χ1) is 8.92. The number of aromatic nitrogens is 3. The Morgan fingerprint density at radius 1 is 1.21 bits per heavy atom. The number of ether oxygens (including phenoxy) is 1. The zero-order chi connectivity index (χ0) is 14.5. The lowest BCUT2D eigenvalue weighted by Gasteiger charge is -2.22. The number of carbonyl (C=O) groups is 1. The molecule has 3 N–H and O–H groups in total. The van der Waals surface area contributed by atoms with Crippen LogP contribution in [0.1, 0.15) is 13.8 Å². The second-order valence-corrected chi connectivity index (χ2v) is 4.54. The summed E-state index contributed by atoms with van der Waals surface area (Å²) in [4.78, 5) is 23.8. The van der Waals surface area contributed by atoms with Crippen molar-refractivity contribution in [2.45, 2.75) is 13.8 Å². The predicted octanol–water partition coefficient (Wildman–Crippen LogP) is 0.106. The molecule has 0 spiro atoms. The molecule has 0 aliphatic heterocycles. The molecule has 8 nitrogen and oxygen atoms in total. The minimum absolute atomic E-state index is 0.0603. The van der Waals surface area contributed by atoms with E-state index in [4.69, 9.17) is 4.74 Å². The van der Waals surface area contributed by atoms with Crippen LogP contribution >= 0.6 is 0 Å². The van der Waals surface area contributed by atoms with E-state index in [2.05, 4.69) is 30.9 Å². The first-order valence-corrected chi connectivity index (χ1v) is 5.87. The third kappa shape index (κ3) is 3.94. The molecule has 0 radical (unpaired) electrons. The van der Waals surface area contributed by atoms with E-state index in [0.717, 1.165) is 0 Å². The van der Waals surface area contributed by atoms with Gasteiger partial charge in [-0.1, -0.05) is 0 Å². The maximum atomic E-state index is 11.7. The highest BCUT2D eigenvalue weighted by atomic mass is 16.5. The number of carbonyl (C=O) groups excluding carboxylic acids is 1. The van der Waals surface area contributed by atoms with Crippen molar-refractivity contribution in [3.8, 4) is 6.01 Å². The second-order valence-electron chi connectivity index (χ2n) is 4.54. The average molecular weight is 268 g/mol. The monoisotopic (exact) mass is 268 g/mol.